The molecule has 0 aromatic heterocycles. The van der Waals surface area contributed by atoms with Gasteiger partial charge in [-0.1, -0.05) is 17.7 Å². The number of hydrogen-bond acceptors (Lipinski definition) is 9. The van der Waals surface area contributed by atoms with Crippen molar-refractivity contribution < 1.29 is 33.4 Å². The number of methoxy groups -OCH3 is 1. The minimum Gasteiger partial charge on any atom is -0.493 e. The van der Waals surface area contributed by atoms with Crippen molar-refractivity contribution in [2.75, 3.05) is 32.2 Å². The predicted octanol–water partition coefficient (Wildman–Crippen LogP) is 4.10. The second-order valence-corrected chi connectivity index (χ2v) is 8.49. The molecule has 3 rings (SSSR count). The third kappa shape index (κ3) is 6.35. The van der Waals surface area contributed by atoms with Gasteiger partial charge in [-0.15, -0.1) is 0 Å². The number of carbonyl (C=O) groups is 4. The molecule has 2 aromatic rings. The molecule has 0 spiro atoms. The van der Waals surface area contributed by atoms with Crippen molar-refractivity contribution in [3.63, 3.8) is 0 Å². The van der Waals surface area contributed by atoms with Crippen molar-refractivity contribution in [1.82, 2.24) is 4.90 Å². The summed E-state index contributed by atoms with van der Waals surface area (Å²) in [5, 5.41) is 10.8. The van der Waals surface area contributed by atoms with E-state index in [1.54, 1.807) is 25.1 Å². The van der Waals surface area contributed by atoms with Crippen LogP contribution in [0.25, 0.3) is 6.08 Å². The third-order valence-electron chi connectivity index (χ3n) is 4.70. The molecule has 1 fully saturated rings. The van der Waals surface area contributed by atoms with Gasteiger partial charge in [-0.05, 0) is 60.7 Å². The number of nitrogens with one attached hydrogen (secondary N) is 1. The lowest BCUT2D eigenvalue weighted by Crippen LogP contribution is -2.36. The van der Waals surface area contributed by atoms with Crippen molar-refractivity contribution in [2.24, 2.45) is 0 Å². The normalized spacial score (nSPS) is 13.9. The summed E-state index contributed by atoms with van der Waals surface area (Å²) < 4.78 is 15.5. The van der Waals surface area contributed by atoms with Crippen LogP contribution >= 0.6 is 23.4 Å². The number of esters is 1. The molecule has 0 radical (unpaired) electrons. The smallest absolute Gasteiger partial charge is 0.339 e. The lowest BCUT2D eigenvalue weighted by atomic mass is 10.2. The van der Waals surface area contributed by atoms with Gasteiger partial charge in [0.05, 0.1) is 29.2 Å². The Hall–Kier alpha value is -4.01. The number of rotatable bonds is 9. The van der Waals surface area contributed by atoms with Crippen molar-refractivity contribution >= 4 is 58.1 Å². The first kappa shape index (κ1) is 26.6. The summed E-state index contributed by atoms with van der Waals surface area (Å²) in [4.78, 5) is 50.7. The number of carbonyl (C=O) groups excluding carboxylic acids is 4. The van der Waals surface area contributed by atoms with E-state index in [9.17, 15) is 19.2 Å². The zero-order valence-corrected chi connectivity index (χ0v) is 20.8. The Bertz CT molecular complexity index is 1290. The highest BCUT2D eigenvalue weighted by Gasteiger charge is 2.36. The summed E-state index contributed by atoms with van der Waals surface area (Å²) in [5.74, 6) is -1.21. The van der Waals surface area contributed by atoms with Gasteiger partial charge in [-0.25, -0.2) is 4.79 Å². The number of thioether (sulfide) groups is 1. The highest BCUT2D eigenvalue weighted by Crippen LogP contribution is 2.34. The third-order valence-corrected chi connectivity index (χ3v) is 5.94. The van der Waals surface area contributed by atoms with E-state index in [1.807, 2.05) is 6.07 Å². The van der Waals surface area contributed by atoms with Crippen molar-refractivity contribution in [1.29, 1.82) is 5.26 Å². The van der Waals surface area contributed by atoms with E-state index in [-0.39, 0.29) is 34.4 Å². The first-order valence-electron chi connectivity index (χ1n) is 10.5. The number of nitrogens with zero attached hydrogens (tertiary/aromatic N) is 2. The monoisotopic (exact) mass is 529 g/mol. The molecule has 1 aliphatic heterocycles. The summed E-state index contributed by atoms with van der Waals surface area (Å²) in [5.41, 5.74) is 0.879. The maximum absolute atomic E-state index is 12.8. The van der Waals surface area contributed by atoms with Crippen LogP contribution in [0, 0.1) is 11.3 Å². The fourth-order valence-electron chi connectivity index (χ4n) is 3.10. The minimum absolute atomic E-state index is 0.0740. The molecule has 10 nitrogen and oxygen atoms in total. The molecule has 1 heterocycles. The van der Waals surface area contributed by atoms with Crippen molar-refractivity contribution in [2.45, 2.75) is 6.92 Å². The van der Waals surface area contributed by atoms with Gasteiger partial charge in [-0.3, -0.25) is 19.3 Å². The van der Waals surface area contributed by atoms with Crippen LogP contribution < -0.4 is 14.8 Å². The molecule has 1 N–H and O–H groups in total. The molecule has 0 atom stereocenters. The van der Waals surface area contributed by atoms with E-state index < -0.39 is 29.6 Å². The van der Waals surface area contributed by atoms with Crippen molar-refractivity contribution in [3.05, 3.63) is 57.5 Å². The van der Waals surface area contributed by atoms with Crippen LogP contribution in [-0.4, -0.2) is 54.8 Å². The second kappa shape index (κ2) is 12.1. The number of hydrogen-bond donors (Lipinski definition) is 1. The summed E-state index contributed by atoms with van der Waals surface area (Å²) in [6.07, 6.45) is 1.49. The van der Waals surface area contributed by atoms with Crippen LogP contribution in [0.1, 0.15) is 22.8 Å². The van der Waals surface area contributed by atoms with Crippen LogP contribution in [0.2, 0.25) is 5.02 Å². The van der Waals surface area contributed by atoms with E-state index >= 15 is 0 Å². The van der Waals surface area contributed by atoms with Gasteiger partial charge in [-0.2, -0.15) is 5.26 Å². The molecule has 186 valence electrons. The summed E-state index contributed by atoms with van der Waals surface area (Å²) >= 11 is 6.72. The maximum Gasteiger partial charge on any atom is 0.339 e. The Balaban J connectivity index is 1.70. The largest absolute Gasteiger partial charge is 0.493 e. The van der Waals surface area contributed by atoms with E-state index in [2.05, 4.69) is 5.32 Å². The van der Waals surface area contributed by atoms with Crippen LogP contribution in [0.15, 0.2) is 41.3 Å². The summed E-state index contributed by atoms with van der Waals surface area (Å²) in [6.45, 7) is 1.13. The molecule has 12 heteroatoms. The van der Waals surface area contributed by atoms with Gasteiger partial charge in [0, 0.05) is 5.69 Å². The van der Waals surface area contributed by atoms with Gasteiger partial charge in [0.1, 0.15) is 12.6 Å². The van der Waals surface area contributed by atoms with Gasteiger partial charge in [0.15, 0.2) is 18.1 Å². The van der Waals surface area contributed by atoms with Gasteiger partial charge >= 0.3 is 5.97 Å². The zero-order chi connectivity index (χ0) is 26.2. The first-order valence-corrected chi connectivity index (χ1v) is 11.7. The molecular formula is C24H20ClN3O7S. The Morgan fingerprint density at radius 1 is 1.19 bits per heavy atom. The number of benzene rings is 2. The quantitative estimate of drug-likeness (QED) is 0.376. The number of halogens is 1. The zero-order valence-electron chi connectivity index (χ0n) is 19.2. The molecule has 0 saturated carbocycles. The van der Waals surface area contributed by atoms with Gasteiger partial charge in [0.25, 0.3) is 11.1 Å². The van der Waals surface area contributed by atoms with E-state index in [0.717, 1.165) is 4.90 Å². The lowest BCUT2D eigenvalue weighted by molar-refractivity contribution is -0.127. The van der Waals surface area contributed by atoms with E-state index in [4.69, 9.17) is 31.1 Å². The molecule has 1 saturated heterocycles. The summed E-state index contributed by atoms with van der Waals surface area (Å²) in [7, 11) is 1.43. The number of ether oxygens (including phenoxy) is 3. The number of nitriles is 1. The highest BCUT2D eigenvalue weighted by atomic mass is 35.5. The topological polar surface area (TPSA) is 135 Å². The van der Waals surface area contributed by atoms with Crippen LogP contribution in [0.3, 0.4) is 0 Å². The number of imide groups is 1. The average Bonchev–Trinajstić information content (AvgIpc) is 3.11. The van der Waals surface area contributed by atoms with Crippen LogP contribution in [-0.2, 0) is 14.3 Å². The van der Waals surface area contributed by atoms with Crippen LogP contribution in [0.5, 0.6) is 11.5 Å². The Morgan fingerprint density at radius 3 is 2.67 bits per heavy atom. The fourth-order valence-corrected chi connectivity index (χ4v) is 4.14. The molecule has 1 aliphatic rings. The molecule has 3 amide bonds. The Labute approximate surface area is 215 Å². The standard InChI is InChI=1S/C24H20ClN3O7S/c1-3-34-23(31)16-12-15(5-6-17(16)25)27-21(29)13-28-22(30)20(36-24(28)32)11-14-4-7-18(35-9-8-26)19(10-14)33-2/h4-7,10-12H,3,9,13H2,1-2H3,(H,27,29)/b20-11-. The predicted molar refractivity (Wildman–Crippen MR) is 133 cm³/mol. The molecule has 0 unspecified atom stereocenters. The maximum atomic E-state index is 12.8. The first-order chi connectivity index (χ1) is 17.3. The number of amides is 3. The number of anilines is 1. The second-order valence-electron chi connectivity index (χ2n) is 7.09. The summed E-state index contributed by atoms with van der Waals surface area (Å²) in [6, 6.07) is 10.9. The average molecular weight is 530 g/mol. The highest BCUT2D eigenvalue weighted by molar-refractivity contribution is 8.18. The molecule has 0 aliphatic carbocycles. The SMILES string of the molecule is CCOC(=O)c1cc(NC(=O)CN2C(=O)S/C(=C\c3ccc(OCC#N)c(OC)c3)C2=O)ccc1Cl. The van der Waals surface area contributed by atoms with Crippen LogP contribution in [0.4, 0.5) is 10.5 Å². The lowest BCUT2D eigenvalue weighted by Gasteiger charge is -2.13. The van der Waals surface area contributed by atoms with Gasteiger partial charge < -0.3 is 19.5 Å². The molecule has 0 bridgehead atoms. The van der Waals surface area contributed by atoms with Crippen molar-refractivity contribution in [3.8, 4) is 17.6 Å². The fraction of sp³-hybridized carbons (Fsp3) is 0.208. The molecular weight excluding hydrogens is 510 g/mol. The Kier molecular flexibility index (Phi) is 8.94. The van der Waals surface area contributed by atoms with E-state index in [1.165, 1.54) is 31.4 Å². The van der Waals surface area contributed by atoms with E-state index in [0.29, 0.717) is 28.8 Å². The minimum atomic E-state index is -0.643. The molecule has 36 heavy (non-hydrogen) atoms. The Morgan fingerprint density at radius 2 is 1.97 bits per heavy atom. The van der Waals surface area contributed by atoms with Gasteiger partial charge in [0.2, 0.25) is 5.91 Å². The molecule has 2 aromatic carbocycles.